The number of sulfonamides is 1. The zero-order valence-electron chi connectivity index (χ0n) is 15.7. The molecule has 2 aromatic carbocycles. The van der Waals surface area contributed by atoms with E-state index in [4.69, 9.17) is 10.5 Å². The fourth-order valence-electron chi connectivity index (χ4n) is 2.34. The summed E-state index contributed by atoms with van der Waals surface area (Å²) >= 11 is 0. The second kappa shape index (κ2) is 8.80. The number of nitrogens with zero attached hydrogens (tertiary/aromatic N) is 1. The van der Waals surface area contributed by atoms with Crippen molar-refractivity contribution in [2.24, 2.45) is 5.73 Å². The van der Waals surface area contributed by atoms with Gasteiger partial charge < -0.3 is 10.5 Å². The molecule has 154 valence electrons. The molecule has 3 N–H and O–H groups in total. The lowest BCUT2D eigenvalue weighted by atomic mass is 10.1. The first kappa shape index (κ1) is 22.0. The highest BCUT2D eigenvalue weighted by molar-refractivity contribution is 7.89. The van der Waals surface area contributed by atoms with Crippen molar-refractivity contribution < 1.29 is 27.7 Å². The quantitative estimate of drug-likeness (QED) is 0.369. The summed E-state index contributed by atoms with van der Waals surface area (Å²) in [7, 11) is -3.92. The van der Waals surface area contributed by atoms with E-state index in [1.165, 1.54) is 24.3 Å². The lowest BCUT2D eigenvalue weighted by Crippen LogP contribution is -2.30. The molecule has 0 fully saturated rings. The Labute approximate surface area is 166 Å². The van der Waals surface area contributed by atoms with Gasteiger partial charge in [0.1, 0.15) is 13.2 Å². The molecule has 0 saturated heterocycles. The Hall–Kier alpha value is -3.31. The third-order valence-electron chi connectivity index (χ3n) is 4.15. The number of aryl methyl sites for hydroxylation is 2. The summed E-state index contributed by atoms with van der Waals surface area (Å²) in [5, 5.41) is 11.1. The molecule has 0 radical (unpaired) electrons. The maximum atomic E-state index is 12.3. The maximum Gasteiger partial charge on any atom is 0.321 e. The Bertz CT molecular complexity index is 1080. The van der Waals surface area contributed by atoms with Crippen molar-refractivity contribution in [2.75, 3.05) is 6.54 Å². The van der Waals surface area contributed by atoms with E-state index in [1.54, 1.807) is 13.0 Å². The van der Waals surface area contributed by atoms with E-state index < -0.39 is 45.7 Å². The second-order valence-corrected chi connectivity index (χ2v) is 7.96. The lowest BCUT2D eigenvalue weighted by Gasteiger charge is -2.09. The van der Waals surface area contributed by atoms with Crippen molar-refractivity contribution in [2.45, 2.75) is 25.3 Å². The summed E-state index contributed by atoms with van der Waals surface area (Å²) < 4.78 is 31.6. The highest BCUT2D eigenvalue weighted by Gasteiger charge is 2.20. The molecule has 11 heteroatoms. The van der Waals surface area contributed by atoms with Crippen LogP contribution in [0.4, 0.5) is 5.69 Å². The van der Waals surface area contributed by atoms with E-state index in [0.29, 0.717) is 0 Å². The fraction of sp³-hybridized carbons (Fsp3) is 0.222. The van der Waals surface area contributed by atoms with E-state index in [1.807, 2.05) is 6.92 Å². The fourth-order valence-corrected chi connectivity index (χ4v) is 3.39. The van der Waals surface area contributed by atoms with Gasteiger partial charge in [-0.3, -0.25) is 19.7 Å². The van der Waals surface area contributed by atoms with Crippen molar-refractivity contribution in [3.63, 3.8) is 0 Å². The number of hydrogen-bond donors (Lipinski definition) is 2. The van der Waals surface area contributed by atoms with Gasteiger partial charge in [0.2, 0.25) is 15.9 Å². The summed E-state index contributed by atoms with van der Waals surface area (Å²) in [5.41, 5.74) is 6.32. The van der Waals surface area contributed by atoms with E-state index in [2.05, 4.69) is 4.72 Å². The van der Waals surface area contributed by atoms with E-state index in [0.717, 1.165) is 17.2 Å². The molecule has 0 spiro atoms. The number of amides is 1. The first-order valence-electron chi connectivity index (χ1n) is 8.31. The Morgan fingerprint density at radius 2 is 1.83 bits per heavy atom. The van der Waals surface area contributed by atoms with Gasteiger partial charge in [-0.05, 0) is 49.2 Å². The summed E-state index contributed by atoms with van der Waals surface area (Å²) in [6.07, 6.45) is 0. The normalized spacial score (nSPS) is 11.1. The number of nitro benzene ring substituents is 1. The Morgan fingerprint density at radius 3 is 2.41 bits per heavy atom. The van der Waals surface area contributed by atoms with Crippen molar-refractivity contribution >= 4 is 27.6 Å². The first-order chi connectivity index (χ1) is 13.5. The minimum Gasteiger partial charge on any atom is -0.460 e. The number of hydrogen-bond acceptors (Lipinski definition) is 7. The number of esters is 1. The minimum atomic E-state index is -3.92. The van der Waals surface area contributed by atoms with Crippen molar-refractivity contribution in [3.8, 4) is 0 Å². The molecule has 10 nitrogen and oxygen atoms in total. The largest absolute Gasteiger partial charge is 0.460 e. The van der Waals surface area contributed by atoms with Crippen LogP contribution in [0.3, 0.4) is 0 Å². The summed E-state index contributed by atoms with van der Waals surface area (Å²) in [6.45, 7) is 2.48. The summed E-state index contributed by atoms with van der Waals surface area (Å²) in [4.78, 5) is 33.4. The van der Waals surface area contributed by atoms with Gasteiger partial charge in [0.05, 0.1) is 15.4 Å². The molecular formula is C18H19N3O7S. The number of rotatable bonds is 8. The van der Waals surface area contributed by atoms with Gasteiger partial charge >= 0.3 is 5.97 Å². The molecule has 0 aliphatic rings. The molecule has 0 saturated carbocycles. The topological polar surface area (TPSA) is 159 Å². The number of ether oxygens (including phenoxy) is 1. The van der Waals surface area contributed by atoms with Crippen LogP contribution >= 0.6 is 0 Å². The molecule has 0 aliphatic heterocycles. The number of carbonyl (C=O) groups is 2. The van der Waals surface area contributed by atoms with Gasteiger partial charge in [-0.1, -0.05) is 6.07 Å². The number of nitrogens with one attached hydrogen (secondary N) is 1. The first-order valence-corrected chi connectivity index (χ1v) is 9.79. The van der Waals surface area contributed by atoms with Gasteiger partial charge in [-0.25, -0.2) is 8.42 Å². The van der Waals surface area contributed by atoms with Crippen LogP contribution in [0.15, 0.2) is 41.3 Å². The molecule has 0 atom stereocenters. The molecule has 0 aromatic heterocycles. The van der Waals surface area contributed by atoms with Crippen molar-refractivity contribution in [1.29, 1.82) is 0 Å². The molecule has 2 rings (SSSR count). The molecular weight excluding hydrogens is 402 g/mol. The van der Waals surface area contributed by atoms with Crippen LogP contribution in [0.25, 0.3) is 0 Å². The lowest BCUT2D eigenvalue weighted by molar-refractivity contribution is -0.385. The minimum absolute atomic E-state index is 0.00563. The van der Waals surface area contributed by atoms with Gasteiger partial charge in [0.15, 0.2) is 0 Å². The molecule has 0 aliphatic carbocycles. The zero-order chi connectivity index (χ0) is 21.8. The van der Waals surface area contributed by atoms with Gasteiger partial charge in [-0.2, -0.15) is 4.72 Å². The molecule has 0 unspecified atom stereocenters. The molecule has 0 bridgehead atoms. The smallest absolute Gasteiger partial charge is 0.321 e. The third kappa shape index (κ3) is 5.59. The van der Waals surface area contributed by atoms with E-state index in [9.17, 15) is 28.1 Å². The van der Waals surface area contributed by atoms with E-state index in [-0.39, 0.29) is 16.0 Å². The predicted octanol–water partition coefficient (Wildman–Crippen LogP) is 1.33. The highest BCUT2D eigenvalue weighted by Crippen LogP contribution is 2.21. The SMILES string of the molecule is Cc1ccc(S(=O)(=O)NCC(=O)OCc2ccc(C(N)=O)cc2[N+](=O)[O-])cc1C. The third-order valence-corrected chi connectivity index (χ3v) is 5.55. The number of carbonyl (C=O) groups excluding carboxylic acids is 2. The monoisotopic (exact) mass is 421 g/mol. The summed E-state index contributed by atoms with van der Waals surface area (Å²) in [5.74, 6) is -1.76. The predicted molar refractivity (Wildman–Crippen MR) is 103 cm³/mol. The zero-order valence-corrected chi connectivity index (χ0v) is 16.5. The number of primary amides is 1. The van der Waals surface area contributed by atoms with Gasteiger partial charge in [-0.15, -0.1) is 0 Å². The summed E-state index contributed by atoms with van der Waals surface area (Å²) in [6, 6.07) is 8.03. The van der Waals surface area contributed by atoms with Crippen LogP contribution in [0.5, 0.6) is 0 Å². The van der Waals surface area contributed by atoms with Crippen LogP contribution in [0, 0.1) is 24.0 Å². The van der Waals surface area contributed by atoms with Crippen LogP contribution in [0.2, 0.25) is 0 Å². The van der Waals surface area contributed by atoms with Crippen LogP contribution < -0.4 is 10.5 Å². The Kier molecular flexibility index (Phi) is 6.67. The highest BCUT2D eigenvalue weighted by atomic mass is 32.2. The maximum absolute atomic E-state index is 12.3. The van der Waals surface area contributed by atoms with E-state index >= 15 is 0 Å². The van der Waals surface area contributed by atoms with Crippen molar-refractivity contribution in [1.82, 2.24) is 4.72 Å². The Morgan fingerprint density at radius 1 is 1.14 bits per heavy atom. The van der Waals surface area contributed by atoms with Gasteiger partial charge in [0, 0.05) is 11.6 Å². The second-order valence-electron chi connectivity index (χ2n) is 6.20. The average molecular weight is 421 g/mol. The molecule has 29 heavy (non-hydrogen) atoms. The number of benzene rings is 2. The number of nitro groups is 1. The van der Waals surface area contributed by atoms with Crippen LogP contribution in [-0.2, 0) is 26.2 Å². The van der Waals surface area contributed by atoms with Crippen molar-refractivity contribution in [3.05, 3.63) is 68.8 Å². The molecule has 2 aromatic rings. The average Bonchev–Trinajstić information content (AvgIpc) is 2.66. The van der Waals surface area contributed by atoms with Crippen LogP contribution in [-0.4, -0.2) is 31.8 Å². The molecule has 1 amide bonds. The number of nitrogens with two attached hydrogens (primary N) is 1. The molecule has 0 heterocycles. The Balaban J connectivity index is 2.02. The van der Waals surface area contributed by atoms with Crippen LogP contribution in [0.1, 0.15) is 27.0 Å². The standard InChI is InChI=1S/C18H19N3O7S/c1-11-3-6-15(7-12(11)2)29(26,27)20-9-17(22)28-10-14-5-4-13(18(19)23)8-16(14)21(24)25/h3-8,20H,9-10H2,1-2H3,(H2,19,23). The van der Waals surface area contributed by atoms with Gasteiger partial charge in [0.25, 0.3) is 5.69 Å².